The Morgan fingerprint density at radius 3 is 2.27 bits per heavy atom. The summed E-state index contributed by atoms with van der Waals surface area (Å²) in [7, 11) is 0. The van der Waals surface area contributed by atoms with Crippen LogP contribution in [0, 0.1) is 22.0 Å². The number of rotatable bonds is 7. The molecule has 0 aliphatic carbocycles. The molecule has 2 amide bonds. The van der Waals surface area contributed by atoms with Gasteiger partial charge >= 0.3 is 0 Å². The minimum Gasteiger partial charge on any atom is -0.341 e. The molecule has 0 radical (unpaired) electrons. The topological polar surface area (TPSA) is 110 Å². The minimum atomic E-state index is -0.787. The average Bonchev–Trinajstić information content (AvgIpc) is 2.81. The number of benzene rings is 2. The van der Waals surface area contributed by atoms with Gasteiger partial charge in [0.25, 0.3) is 11.6 Å². The van der Waals surface area contributed by atoms with Crippen LogP contribution in [0.1, 0.15) is 47.4 Å². The SMILES string of the molecule is CC(C)[C@H](NC(=O)c1ccc([N+](=O)[O-])cc1Cl)C(=O)N1CCC(C(=O)c2ccccc2)CC1. The summed E-state index contributed by atoms with van der Waals surface area (Å²) in [6.07, 6.45) is 1.12. The van der Waals surface area contributed by atoms with E-state index in [4.69, 9.17) is 11.6 Å². The molecule has 3 rings (SSSR count). The van der Waals surface area contributed by atoms with Crippen LogP contribution in [0.15, 0.2) is 48.5 Å². The van der Waals surface area contributed by atoms with Crippen LogP contribution in [0.2, 0.25) is 5.02 Å². The Morgan fingerprint density at radius 2 is 1.73 bits per heavy atom. The Kier molecular flexibility index (Phi) is 7.81. The molecule has 1 heterocycles. The van der Waals surface area contributed by atoms with Crippen molar-refractivity contribution in [3.8, 4) is 0 Å². The molecule has 1 N–H and O–H groups in total. The molecule has 0 bridgehead atoms. The predicted octanol–water partition coefficient (Wildman–Crippen LogP) is 4.12. The number of likely N-dealkylation sites (tertiary alicyclic amines) is 1. The van der Waals surface area contributed by atoms with Crippen molar-refractivity contribution in [2.45, 2.75) is 32.7 Å². The summed E-state index contributed by atoms with van der Waals surface area (Å²) in [6.45, 7) is 4.51. The van der Waals surface area contributed by atoms with Crippen molar-refractivity contribution in [3.05, 3.63) is 74.8 Å². The van der Waals surface area contributed by atoms with Crippen LogP contribution in [-0.2, 0) is 4.79 Å². The van der Waals surface area contributed by atoms with E-state index in [2.05, 4.69) is 5.32 Å². The fraction of sp³-hybridized carbons (Fsp3) is 0.375. The normalized spacial score (nSPS) is 15.2. The van der Waals surface area contributed by atoms with Gasteiger partial charge < -0.3 is 10.2 Å². The standard InChI is InChI=1S/C24H26ClN3O5/c1-15(2)21(26-23(30)19-9-8-18(28(32)33)14-20(19)25)24(31)27-12-10-17(11-13-27)22(29)16-6-4-3-5-7-16/h3-9,14-15,17,21H,10-13H2,1-2H3,(H,26,30)/t21-/m0/s1. The van der Waals surface area contributed by atoms with E-state index in [0.717, 1.165) is 6.07 Å². The summed E-state index contributed by atoms with van der Waals surface area (Å²) in [6, 6.07) is 11.9. The van der Waals surface area contributed by atoms with Crippen LogP contribution in [0.5, 0.6) is 0 Å². The van der Waals surface area contributed by atoms with Crippen molar-refractivity contribution in [2.75, 3.05) is 13.1 Å². The molecule has 33 heavy (non-hydrogen) atoms. The zero-order valence-corrected chi connectivity index (χ0v) is 19.2. The zero-order valence-electron chi connectivity index (χ0n) is 18.5. The summed E-state index contributed by atoms with van der Waals surface area (Å²) in [5.41, 5.74) is 0.517. The van der Waals surface area contributed by atoms with Crippen LogP contribution in [-0.4, -0.2) is 46.6 Å². The highest BCUT2D eigenvalue weighted by molar-refractivity contribution is 6.34. The Balaban J connectivity index is 1.64. The molecule has 1 aliphatic heterocycles. The molecule has 0 spiro atoms. The third-order valence-electron chi connectivity index (χ3n) is 5.86. The summed E-state index contributed by atoms with van der Waals surface area (Å²) in [5.74, 6) is -1.04. The Bertz CT molecular complexity index is 1050. The summed E-state index contributed by atoms with van der Waals surface area (Å²) >= 11 is 6.06. The fourth-order valence-corrected chi connectivity index (χ4v) is 4.19. The molecule has 2 aromatic carbocycles. The van der Waals surface area contributed by atoms with Crippen molar-refractivity contribution >= 4 is 34.9 Å². The number of non-ortho nitro benzene ring substituents is 1. The lowest BCUT2D eigenvalue weighted by Crippen LogP contribution is -2.53. The van der Waals surface area contributed by atoms with Gasteiger partial charge in [-0.1, -0.05) is 55.8 Å². The highest BCUT2D eigenvalue weighted by Gasteiger charge is 2.33. The van der Waals surface area contributed by atoms with Gasteiger partial charge in [-0.25, -0.2) is 0 Å². The zero-order chi connectivity index (χ0) is 24.1. The second-order valence-corrected chi connectivity index (χ2v) is 8.85. The quantitative estimate of drug-likeness (QED) is 0.371. The minimum absolute atomic E-state index is 0.0584. The van der Waals surface area contributed by atoms with Crippen molar-refractivity contribution in [3.63, 3.8) is 0 Å². The van der Waals surface area contributed by atoms with Gasteiger partial charge in [-0.3, -0.25) is 24.5 Å². The molecule has 1 atom stereocenters. The van der Waals surface area contributed by atoms with E-state index in [1.54, 1.807) is 17.0 Å². The lowest BCUT2D eigenvalue weighted by molar-refractivity contribution is -0.384. The lowest BCUT2D eigenvalue weighted by Gasteiger charge is -2.35. The molecule has 8 nitrogen and oxygen atoms in total. The molecule has 1 saturated heterocycles. The van der Waals surface area contributed by atoms with Gasteiger partial charge in [0, 0.05) is 36.7 Å². The van der Waals surface area contributed by atoms with Crippen molar-refractivity contribution in [1.82, 2.24) is 10.2 Å². The van der Waals surface area contributed by atoms with Gasteiger partial charge in [0.1, 0.15) is 6.04 Å². The van der Waals surface area contributed by atoms with Crippen LogP contribution in [0.3, 0.4) is 0 Å². The van der Waals surface area contributed by atoms with E-state index >= 15 is 0 Å². The molecule has 2 aromatic rings. The smallest absolute Gasteiger partial charge is 0.270 e. The molecule has 9 heteroatoms. The van der Waals surface area contributed by atoms with Crippen molar-refractivity contribution in [1.29, 1.82) is 0 Å². The van der Waals surface area contributed by atoms with E-state index in [-0.39, 0.29) is 39.8 Å². The third kappa shape index (κ3) is 5.76. The second-order valence-electron chi connectivity index (χ2n) is 8.45. The number of Topliss-reactive ketones (excluding diaryl/α,β-unsaturated/α-hetero) is 1. The molecular formula is C24H26ClN3O5. The number of nitro groups is 1. The first kappa shape index (κ1) is 24.4. The number of amides is 2. The number of nitrogens with one attached hydrogen (secondary N) is 1. The number of halogens is 1. The number of ketones is 1. The molecule has 0 aromatic heterocycles. The number of hydrogen-bond acceptors (Lipinski definition) is 5. The highest BCUT2D eigenvalue weighted by atomic mass is 35.5. The molecule has 0 unspecified atom stereocenters. The Hall–Kier alpha value is -3.26. The van der Waals surface area contributed by atoms with Gasteiger partial charge in [0.2, 0.25) is 5.91 Å². The van der Waals surface area contributed by atoms with Crippen LogP contribution in [0.25, 0.3) is 0 Å². The van der Waals surface area contributed by atoms with E-state index < -0.39 is 16.9 Å². The van der Waals surface area contributed by atoms with Crippen molar-refractivity contribution < 1.29 is 19.3 Å². The summed E-state index contributed by atoms with van der Waals surface area (Å²) < 4.78 is 0. The second kappa shape index (κ2) is 10.6. The van der Waals surface area contributed by atoms with Gasteiger partial charge in [-0.05, 0) is 24.8 Å². The molecule has 1 aliphatic rings. The molecular weight excluding hydrogens is 446 g/mol. The number of nitrogens with zero attached hydrogens (tertiary/aromatic N) is 2. The summed E-state index contributed by atoms with van der Waals surface area (Å²) in [4.78, 5) is 50.6. The van der Waals surface area contributed by atoms with Crippen LogP contribution < -0.4 is 5.32 Å². The maximum atomic E-state index is 13.2. The predicted molar refractivity (Wildman–Crippen MR) is 124 cm³/mol. The molecule has 1 fully saturated rings. The monoisotopic (exact) mass is 471 g/mol. The third-order valence-corrected chi connectivity index (χ3v) is 6.18. The fourth-order valence-electron chi connectivity index (χ4n) is 3.93. The van der Waals surface area contributed by atoms with E-state index in [1.807, 2.05) is 32.0 Å². The number of hydrogen-bond donors (Lipinski definition) is 1. The first-order valence-electron chi connectivity index (χ1n) is 10.8. The van der Waals surface area contributed by atoms with E-state index in [1.165, 1.54) is 12.1 Å². The first-order valence-corrected chi connectivity index (χ1v) is 11.2. The number of nitro benzene ring substituents is 1. The maximum Gasteiger partial charge on any atom is 0.270 e. The highest BCUT2D eigenvalue weighted by Crippen LogP contribution is 2.25. The van der Waals surface area contributed by atoms with Gasteiger partial charge in [-0.2, -0.15) is 0 Å². The van der Waals surface area contributed by atoms with Gasteiger partial charge in [0.15, 0.2) is 5.78 Å². The van der Waals surface area contributed by atoms with Gasteiger partial charge in [-0.15, -0.1) is 0 Å². The lowest BCUT2D eigenvalue weighted by atomic mass is 9.88. The van der Waals surface area contributed by atoms with Crippen LogP contribution >= 0.6 is 11.6 Å². The molecule has 0 saturated carbocycles. The summed E-state index contributed by atoms with van der Waals surface area (Å²) in [5, 5.41) is 13.6. The Labute approximate surface area is 197 Å². The number of carbonyl (C=O) groups is 3. The van der Waals surface area contributed by atoms with E-state index in [0.29, 0.717) is 31.5 Å². The van der Waals surface area contributed by atoms with Crippen LogP contribution in [0.4, 0.5) is 5.69 Å². The first-order chi connectivity index (χ1) is 15.7. The van der Waals surface area contributed by atoms with E-state index in [9.17, 15) is 24.5 Å². The van der Waals surface area contributed by atoms with Gasteiger partial charge in [0.05, 0.1) is 15.5 Å². The average molecular weight is 472 g/mol. The maximum absolute atomic E-state index is 13.2. The Morgan fingerprint density at radius 1 is 1.09 bits per heavy atom. The number of carbonyl (C=O) groups excluding carboxylic acids is 3. The number of piperidine rings is 1. The van der Waals surface area contributed by atoms with Crippen molar-refractivity contribution in [2.24, 2.45) is 11.8 Å². The largest absolute Gasteiger partial charge is 0.341 e. The molecule has 174 valence electrons.